The van der Waals surface area contributed by atoms with E-state index in [1.807, 2.05) is 51.1 Å². The lowest BCUT2D eigenvalue weighted by Crippen LogP contribution is -2.48. The number of carboxylic acids is 1. The summed E-state index contributed by atoms with van der Waals surface area (Å²) in [6.45, 7) is 7.93. The van der Waals surface area contributed by atoms with Gasteiger partial charge in [0.25, 0.3) is 0 Å². The molecule has 3 rings (SSSR count). The van der Waals surface area contributed by atoms with E-state index in [2.05, 4.69) is 0 Å². The summed E-state index contributed by atoms with van der Waals surface area (Å²) < 4.78 is 10.9. The van der Waals surface area contributed by atoms with Crippen molar-refractivity contribution in [2.24, 2.45) is 11.3 Å². The Hall–Kier alpha value is -2.77. The Labute approximate surface area is 208 Å². The van der Waals surface area contributed by atoms with Crippen LogP contribution in [0.5, 0.6) is 0 Å². The van der Waals surface area contributed by atoms with Crippen molar-refractivity contribution in [1.82, 2.24) is 9.80 Å². The van der Waals surface area contributed by atoms with E-state index in [-0.39, 0.29) is 18.8 Å². The van der Waals surface area contributed by atoms with E-state index in [4.69, 9.17) is 9.47 Å². The lowest BCUT2D eigenvalue weighted by molar-refractivity contribution is -0.152. The quantitative estimate of drug-likeness (QED) is 0.559. The average molecular weight is 489 g/mol. The van der Waals surface area contributed by atoms with Crippen LogP contribution in [0.15, 0.2) is 30.3 Å². The minimum absolute atomic E-state index is 0.270. The molecule has 0 aromatic heterocycles. The van der Waals surface area contributed by atoms with Gasteiger partial charge >= 0.3 is 18.2 Å². The molecule has 8 heteroatoms. The minimum Gasteiger partial charge on any atom is -0.481 e. The smallest absolute Gasteiger partial charge is 0.410 e. The third-order valence-electron chi connectivity index (χ3n) is 7.17. The second kappa shape index (κ2) is 11.8. The minimum atomic E-state index is -0.777. The van der Waals surface area contributed by atoms with Crippen molar-refractivity contribution in [1.29, 1.82) is 0 Å². The molecule has 194 valence electrons. The molecule has 0 saturated carbocycles. The molecule has 0 radical (unpaired) electrons. The monoisotopic (exact) mass is 488 g/mol. The van der Waals surface area contributed by atoms with Gasteiger partial charge in [0.1, 0.15) is 12.2 Å². The Kier molecular flexibility index (Phi) is 9.03. The molecule has 2 aliphatic heterocycles. The molecular weight excluding hydrogens is 448 g/mol. The molecule has 2 aliphatic rings. The maximum absolute atomic E-state index is 12.4. The van der Waals surface area contributed by atoms with Gasteiger partial charge in [0.15, 0.2) is 0 Å². The summed E-state index contributed by atoms with van der Waals surface area (Å²) in [5.41, 5.74) is -0.368. The first-order chi connectivity index (χ1) is 16.6. The summed E-state index contributed by atoms with van der Waals surface area (Å²) in [6.07, 6.45) is 4.49. The molecule has 2 amide bonds. The number of amides is 2. The highest BCUT2D eigenvalue weighted by Crippen LogP contribution is 2.38. The number of ether oxygens (including phenoxy) is 2. The van der Waals surface area contributed by atoms with Crippen molar-refractivity contribution < 1.29 is 29.0 Å². The number of carboxylic acid groups (broad SMARTS) is 1. The van der Waals surface area contributed by atoms with Crippen LogP contribution >= 0.6 is 0 Å². The van der Waals surface area contributed by atoms with Gasteiger partial charge in [-0.25, -0.2) is 9.59 Å². The van der Waals surface area contributed by atoms with E-state index in [0.717, 1.165) is 31.2 Å². The molecule has 0 aliphatic carbocycles. The molecule has 0 unspecified atom stereocenters. The van der Waals surface area contributed by atoms with Crippen LogP contribution in [0.3, 0.4) is 0 Å². The molecule has 1 aromatic carbocycles. The highest BCUT2D eigenvalue weighted by atomic mass is 16.6. The number of hydrogen-bond acceptors (Lipinski definition) is 5. The normalized spacial score (nSPS) is 18.7. The molecule has 0 spiro atoms. The number of carbonyl (C=O) groups excluding carboxylic acids is 2. The number of likely N-dealkylation sites (tertiary alicyclic amines) is 2. The fourth-order valence-electron chi connectivity index (χ4n) is 4.96. The molecule has 1 aromatic rings. The fourth-order valence-corrected chi connectivity index (χ4v) is 4.96. The first-order valence-electron chi connectivity index (χ1n) is 12.7. The predicted molar refractivity (Wildman–Crippen MR) is 132 cm³/mol. The Morgan fingerprint density at radius 1 is 0.971 bits per heavy atom. The zero-order valence-electron chi connectivity index (χ0n) is 21.3. The molecule has 2 fully saturated rings. The fraction of sp³-hybridized carbons (Fsp3) is 0.667. The summed E-state index contributed by atoms with van der Waals surface area (Å²) in [6, 6.07) is 9.65. The van der Waals surface area contributed by atoms with Crippen LogP contribution in [0.2, 0.25) is 0 Å². The lowest BCUT2D eigenvalue weighted by atomic mass is 9.74. The van der Waals surface area contributed by atoms with Gasteiger partial charge < -0.3 is 24.4 Å². The van der Waals surface area contributed by atoms with E-state index in [1.165, 1.54) is 0 Å². The largest absolute Gasteiger partial charge is 0.481 e. The maximum Gasteiger partial charge on any atom is 0.410 e. The third kappa shape index (κ3) is 7.87. The van der Waals surface area contributed by atoms with Crippen LogP contribution < -0.4 is 0 Å². The molecule has 35 heavy (non-hydrogen) atoms. The van der Waals surface area contributed by atoms with E-state index in [0.29, 0.717) is 51.4 Å². The molecular formula is C27H40N2O6. The van der Waals surface area contributed by atoms with Crippen molar-refractivity contribution in [2.45, 2.75) is 77.9 Å². The number of carbonyl (C=O) groups is 3. The Morgan fingerprint density at radius 2 is 1.57 bits per heavy atom. The zero-order chi connectivity index (χ0) is 25.5. The first kappa shape index (κ1) is 26.8. The molecule has 8 nitrogen and oxygen atoms in total. The van der Waals surface area contributed by atoms with Crippen LogP contribution in [0, 0.1) is 11.3 Å². The van der Waals surface area contributed by atoms with Crippen molar-refractivity contribution in [3.8, 4) is 0 Å². The standard InChI is InChI=1S/C27H40N2O6/c1-26(2,3)35-25(33)29-18-14-27(15-19-29,23(30)31)13-7-10-21-11-16-28(17-12-21)24(32)34-20-22-8-5-4-6-9-22/h4-6,8-9,21H,7,10-20H2,1-3H3,(H,30,31). The highest BCUT2D eigenvalue weighted by molar-refractivity contribution is 5.75. The molecule has 0 bridgehead atoms. The van der Waals surface area contributed by atoms with Crippen molar-refractivity contribution in [3.05, 3.63) is 35.9 Å². The van der Waals surface area contributed by atoms with Gasteiger partial charge in [-0.1, -0.05) is 43.2 Å². The number of hydrogen-bond donors (Lipinski definition) is 1. The van der Waals surface area contributed by atoms with Gasteiger partial charge in [-0.3, -0.25) is 4.79 Å². The topological polar surface area (TPSA) is 96.4 Å². The Bertz CT molecular complexity index is 850. The van der Waals surface area contributed by atoms with Gasteiger partial charge in [0.05, 0.1) is 5.41 Å². The maximum atomic E-state index is 12.4. The average Bonchev–Trinajstić information content (AvgIpc) is 2.83. The van der Waals surface area contributed by atoms with Crippen molar-refractivity contribution >= 4 is 18.2 Å². The number of benzene rings is 1. The second-order valence-electron chi connectivity index (χ2n) is 10.9. The second-order valence-corrected chi connectivity index (χ2v) is 10.9. The summed E-state index contributed by atoms with van der Waals surface area (Å²) in [5, 5.41) is 9.97. The van der Waals surface area contributed by atoms with E-state index in [1.54, 1.807) is 9.80 Å². The zero-order valence-corrected chi connectivity index (χ0v) is 21.3. The number of nitrogens with zero attached hydrogens (tertiary/aromatic N) is 2. The van der Waals surface area contributed by atoms with Crippen LogP contribution in [0.1, 0.15) is 71.3 Å². The lowest BCUT2D eigenvalue weighted by Gasteiger charge is -2.39. The van der Waals surface area contributed by atoms with Gasteiger partial charge in [0, 0.05) is 26.2 Å². The Morgan fingerprint density at radius 3 is 2.14 bits per heavy atom. The van der Waals surface area contributed by atoms with E-state index in [9.17, 15) is 19.5 Å². The number of rotatable bonds is 7. The SMILES string of the molecule is CC(C)(C)OC(=O)N1CCC(CCCC2CCN(C(=O)OCc3ccccc3)CC2)(C(=O)O)CC1. The van der Waals surface area contributed by atoms with Gasteiger partial charge in [-0.15, -0.1) is 0 Å². The van der Waals surface area contributed by atoms with Crippen molar-refractivity contribution in [2.75, 3.05) is 26.2 Å². The van der Waals surface area contributed by atoms with E-state index >= 15 is 0 Å². The Balaban J connectivity index is 1.38. The van der Waals surface area contributed by atoms with Gasteiger partial charge in [-0.2, -0.15) is 0 Å². The molecule has 2 heterocycles. The number of aliphatic carboxylic acids is 1. The summed E-state index contributed by atoms with van der Waals surface area (Å²) in [5.74, 6) is -0.279. The van der Waals surface area contributed by atoms with Crippen LogP contribution in [-0.2, 0) is 20.9 Å². The van der Waals surface area contributed by atoms with Gasteiger partial charge in [0.2, 0.25) is 0 Å². The predicted octanol–water partition coefficient (Wildman–Crippen LogP) is 5.31. The third-order valence-corrected chi connectivity index (χ3v) is 7.17. The molecule has 1 N–H and O–H groups in total. The highest BCUT2D eigenvalue weighted by Gasteiger charge is 2.42. The molecule has 0 atom stereocenters. The number of piperidine rings is 2. The summed E-state index contributed by atoms with van der Waals surface area (Å²) >= 11 is 0. The van der Waals surface area contributed by atoms with Crippen molar-refractivity contribution in [3.63, 3.8) is 0 Å². The molecule has 2 saturated heterocycles. The summed E-state index contributed by atoms with van der Waals surface area (Å²) in [4.78, 5) is 40.2. The van der Waals surface area contributed by atoms with Crippen LogP contribution in [0.4, 0.5) is 9.59 Å². The van der Waals surface area contributed by atoms with Crippen LogP contribution in [0.25, 0.3) is 0 Å². The van der Waals surface area contributed by atoms with Crippen LogP contribution in [-0.4, -0.2) is 64.8 Å². The van der Waals surface area contributed by atoms with Gasteiger partial charge in [-0.05, 0) is 64.4 Å². The summed E-state index contributed by atoms with van der Waals surface area (Å²) in [7, 11) is 0. The van der Waals surface area contributed by atoms with E-state index < -0.39 is 17.0 Å². The first-order valence-corrected chi connectivity index (χ1v) is 12.7.